The third-order valence-corrected chi connectivity index (χ3v) is 3.50. The molecule has 0 spiro atoms. The number of hydrogen-bond acceptors (Lipinski definition) is 2. The van der Waals surface area contributed by atoms with Crippen LogP contribution in [-0.2, 0) is 0 Å². The van der Waals surface area contributed by atoms with Gasteiger partial charge in [0.05, 0.1) is 6.20 Å². The number of aryl methyl sites for hydroxylation is 1. The van der Waals surface area contributed by atoms with E-state index in [1.165, 1.54) is 11.1 Å². The molecule has 4 heteroatoms. The second-order valence-electron chi connectivity index (χ2n) is 3.91. The van der Waals surface area contributed by atoms with E-state index in [2.05, 4.69) is 61.4 Å². The van der Waals surface area contributed by atoms with Gasteiger partial charge in [0, 0.05) is 18.1 Å². The highest BCUT2D eigenvalue weighted by atomic mass is 127. The summed E-state index contributed by atoms with van der Waals surface area (Å²) in [7, 11) is 0. The van der Waals surface area contributed by atoms with Gasteiger partial charge in [0.25, 0.3) is 0 Å². The van der Waals surface area contributed by atoms with E-state index in [0.717, 1.165) is 15.0 Å². The highest BCUT2D eigenvalue weighted by Crippen LogP contribution is 2.21. The zero-order valence-corrected chi connectivity index (χ0v) is 11.4. The summed E-state index contributed by atoms with van der Waals surface area (Å²) >= 11 is 2.28. The molecule has 0 aliphatic rings. The largest absolute Gasteiger partial charge is 0.295 e. The van der Waals surface area contributed by atoms with Crippen LogP contribution in [0, 0.1) is 10.6 Å². The number of imidazole rings is 1. The van der Waals surface area contributed by atoms with Crippen molar-refractivity contribution in [3.8, 4) is 11.1 Å². The monoisotopic (exact) mass is 335 g/mol. The molecule has 3 aromatic rings. The maximum Gasteiger partial charge on any atom is 0.138 e. The van der Waals surface area contributed by atoms with Crippen molar-refractivity contribution in [3.05, 3.63) is 52.3 Å². The van der Waals surface area contributed by atoms with Crippen LogP contribution in [0.15, 0.2) is 42.9 Å². The maximum atomic E-state index is 4.37. The number of hydrogen-bond donors (Lipinski definition) is 0. The van der Waals surface area contributed by atoms with Gasteiger partial charge in [-0.3, -0.25) is 9.38 Å². The van der Waals surface area contributed by atoms with Gasteiger partial charge in [0.2, 0.25) is 0 Å². The van der Waals surface area contributed by atoms with E-state index < -0.39 is 0 Å². The van der Waals surface area contributed by atoms with Crippen LogP contribution in [0.5, 0.6) is 0 Å². The SMILES string of the molecule is Cc1cc(-c2ccn3c(I)cnc3c2)ccn1. The molecule has 0 aromatic carbocycles. The van der Waals surface area contributed by atoms with Crippen LogP contribution >= 0.6 is 22.6 Å². The Labute approximate surface area is 113 Å². The predicted molar refractivity (Wildman–Crippen MR) is 75.9 cm³/mol. The first-order valence-electron chi connectivity index (χ1n) is 5.30. The molecule has 3 aromatic heterocycles. The summed E-state index contributed by atoms with van der Waals surface area (Å²) in [5.74, 6) is 0. The van der Waals surface area contributed by atoms with Gasteiger partial charge in [-0.05, 0) is 64.9 Å². The van der Waals surface area contributed by atoms with Crippen molar-refractivity contribution < 1.29 is 0 Å². The van der Waals surface area contributed by atoms with Gasteiger partial charge in [-0.15, -0.1) is 0 Å². The minimum Gasteiger partial charge on any atom is -0.295 e. The molecule has 0 N–H and O–H groups in total. The highest BCUT2D eigenvalue weighted by molar-refractivity contribution is 14.1. The van der Waals surface area contributed by atoms with Crippen molar-refractivity contribution in [3.63, 3.8) is 0 Å². The predicted octanol–water partition coefficient (Wildman–Crippen LogP) is 3.31. The Bertz CT molecular complexity index is 688. The molecule has 0 fully saturated rings. The van der Waals surface area contributed by atoms with Gasteiger partial charge < -0.3 is 0 Å². The van der Waals surface area contributed by atoms with Crippen molar-refractivity contribution in [2.45, 2.75) is 6.92 Å². The summed E-state index contributed by atoms with van der Waals surface area (Å²) in [4.78, 5) is 8.58. The van der Waals surface area contributed by atoms with Gasteiger partial charge >= 0.3 is 0 Å². The van der Waals surface area contributed by atoms with E-state index in [0.29, 0.717) is 0 Å². The van der Waals surface area contributed by atoms with Crippen LogP contribution in [-0.4, -0.2) is 14.4 Å². The van der Waals surface area contributed by atoms with Crippen LogP contribution in [0.1, 0.15) is 5.69 Å². The lowest BCUT2D eigenvalue weighted by atomic mass is 10.1. The van der Waals surface area contributed by atoms with Gasteiger partial charge in [-0.1, -0.05) is 0 Å². The Morgan fingerprint density at radius 3 is 2.76 bits per heavy atom. The van der Waals surface area contributed by atoms with E-state index in [1.54, 1.807) is 0 Å². The number of aromatic nitrogens is 3. The van der Waals surface area contributed by atoms with E-state index >= 15 is 0 Å². The molecular weight excluding hydrogens is 325 g/mol. The molecule has 0 saturated carbocycles. The summed E-state index contributed by atoms with van der Waals surface area (Å²) in [5, 5.41) is 0. The lowest BCUT2D eigenvalue weighted by molar-refractivity contribution is 1.15. The first-order valence-corrected chi connectivity index (χ1v) is 6.37. The summed E-state index contributed by atoms with van der Waals surface area (Å²) < 4.78 is 3.19. The smallest absolute Gasteiger partial charge is 0.138 e. The molecule has 84 valence electrons. The molecule has 17 heavy (non-hydrogen) atoms. The van der Waals surface area contributed by atoms with Gasteiger partial charge in [-0.2, -0.15) is 0 Å². The first-order chi connectivity index (χ1) is 8.24. The molecule has 3 rings (SSSR count). The fourth-order valence-corrected chi connectivity index (χ4v) is 2.40. The average molecular weight is 335 g/mol. The molecule has 0 radical (unpaired) electrons. The number of halogens is 1. The summed E-state index contributed by atoms with van der Waals surface area (Å²) in [6.45, 7) is 2.00. The topological polar surface area (TPSA) is 30.2 Å². The van der Waals surface area contributed by atoms with E-state index in [1.807, 2.05) is 25.4 Å². The molecule has 0 atom stereocenters. The number of nitrogens with zero attached hydrogens (tertiary/aromatic N) is 3. The van der Waals surface area contributed by atoms with Gasteiger partial charge in [-0.25, -0.2) is 4.98 Å². The van der Waals surface area contributed by atoms with Crippen molar-refractivity contribution in [2.75, 3.05) is 0 Å². The highest BCUT2D eigenvalue weighted by Gasteiger charge is 2.03. The molecular formula is C13H10IN3. The minimum atomic E-state index is 0.973. The molecule has 3 heterocycles. The standard InChI is InChI=1S/C13H10IN3/c1-9-6-10(2-4-15-9)11-3-5-17-12(14)8-16-13(17)7-11/h2-8H,1H3. The Morgan fingerprint density at radius 2 is 1.94 bits per heavy atom. The number of rotatable bonds is 1. The van der Waals surface area contributed by atoms with E-state index in [4.69, 9.17) is 0 Å². The quantitative estimate of drug-likeness (QED) is 0.639. The molecule has 0 aliphatic heterocycles. The Hall–Kier alpha value is -1.43. The normalized spacial score (nSPS) is 10.9. The molecule has 0 amide bonds. The van der Waals surface area contributed by atoms with Crippen LogP contribution in [0.3, 0.4) is 0 Å². The lowest BCUT2D eigenvalue weighted by Crippen LogP contribution is -1.88. The zero-order chi connectivity index (χ0) is 11.8. The second kappa shape index (κ2) is 4.10. The van der Waals surface area contributed by atoms with Gasteiger partial charge in [0.15, 0.2) is 0 Å². The van der Waals surface area contributed by atoms with Crippen molar-refractivity contribution >= 4 is 28.2 Å². The summed E-state index contributed by atoms with van der Waals surface area (Å²) in [6.07, 6.45) is 5.76. The van der Waals surface area contributed by atoms with Crippen LogP contribution < -0.4 is 0 Å². The van der Waals surface area contributed by atoms with Crippen molar-refractivity contribution in [1.29, 1.82) is 0 Å². The van der Waals surface area contributed by atoms with E-state index in [9.17, 15) is 0 Å². The molecule has 0 aliphatic carbocycles. The summed E-state index contributed by atoms with van der Waals surface area (Å²) in [6, 6.07) is 8.30. The van der Waals surface area contributed by atoms with Crippen LogP contribution in [0.25, 0.3) is 16.8 Å². The Balaban J connectivity index is 2.18. The molecule has 0 unspecified atom stereocenters. The van der Waals surface area contributed by atoms with E-state index in [-0.39, 0.29) is 0 Å². The van der Waals surface area contributed by atoms with Crippen LogP contribution in [0.2, 0.25) is 0 Å². The molecule has 0 saturated heterocycles. The Morgan fingerprint density at radius 1 is 1.12 bits per heavy atom. The van der Waals surface area contributed by atoms with Gasteiger partial charge in [0.1, 0.15) is 9.35 Å². The fourth-order valence-electron chi connectivity index (χ4n) is 1.85. The number of fused-ring (bicyclic) bond motifs is 1. The minimum absolute atomic E-state index is 0.973. The Kier molecular flexibility index (Phi) is 2.58. The molecule has 0 bridgehead atoms. The van der Waals surface area contributed by atoms with Crippen LogP contribution in [0.4, 0.5) is 0 Å². The first kappa shape index (κ1) is 10.7. The lowest BCUT2D eigenvalue weighted by Gasteiger charge is -2.03. The maximum absolute atomic E-state index is 4.37. The third-order valence-electron chi connectivity index (χ3n) is 2.70. The van der Waals surface area contributed by atoms with Crippen molar-refractivity contribution in [2.24, 2.45) is 0 Å². The average Bonchev–Trinajstić information content (AvgIpc) is 2.71. The summed E-state index contributed by atoms with van der Waals surface area (Å²) in [5.41, 5.74) is 4.35. The zero-order valence-electron chi connectivity index (χ0n) is 9.26. The third kappa shape index (κ3) is 1.93. The van der Waals surface area contributed by atoms with Crippen molar-refractivity contribution in [1.82, 2.24) is 14.4 Å². The molecule has 3 nitrogen and oxygen atoms in total. The fraction of sp³-hybridized carbons (Fsp3) is 0.0769. The second-order valence-corrected chi connectivity index (χ2v) is 5.02. The number of pyridine rings is 2.